The lowest BCUT2D eigenvalue weighted by Crippen LogP contribution is -2.40. The van der Waals surface area contributed by atoms with E-state index in [1.165, 1.54) is 11.1 Å². The minimum atomic E-state index is 0.0547. The summed E-state index contributed by atoms with van der Waals surface area (Å²) in [5.41, 5.74) is 2.81. The molecule has 0 aliphatic heterocycles. The standard InChI is InChI=1S/C17H26N2O2/c1-12(2)17(20)19-9-8-18-15-6-4-13-5-7-16(21-3)11-14(13)10-15/h5,7,11-12,15,18H,4,6,8-10H2,1-3H3,(H,19,20). The quantitative estimate of drug-likeness (QED) is 0.787. The predicted molar refractivity (Wildman–Crippen MR) is 84.7 cm³/mol. The van der Waals surface area contributed by atoms with E-state index in [0.717, 1.165) is 31.6 Å². The molecule has 4 nitrogen and oxygen atoms in total. The lowest BCUT2D eigenvalue weighted by atomic mass is 9.88. The van der Waals surface area contributed by atoms with Crippen LogP contribution in [-0.2, 0) is 17.6 Å². The van der Waals surface area contributed by atoms with E-state index in [-0.39, 0.29) is 11.8 Å². The van der Waals surface area contributed by atoms with Gasteiger partial charge in [0.1, 0.15) is 5.75 Å². The molecule has 0 spiro atoms. The Labute approximate surface area is 127 Å². The van der Waals surface area contributed by atoms with Crippen LogP contribution in [0.15, 0.2) is 18.2 Å². The summed E-state index contributed by atoms with van der Waals surface area (Å²) < 4.78 is 5.29. The van der Waals surface area contributed by atoms with Gasteiger partial charge in [-0.2, -0.15) is 0 Å². The topological polar surface area (TPSA) is 50.4 Å². The lowest BCUT2D eigenvalue weighted by molar-refractivity contribution is -0.123. The van der Waals surface area contributed by atoms with Crippen LogP contribution in [0, 0.1) is 5.92 Å². The zero-order chi connectivity index (χ0) is 15.2. The number of hydrogen-bond donors (Lipinski definition) is 2. The summed E-state index contributed by atoms with van der Waals surface area (Å²) >= 11 is 0. The maximum Gasteiger partial charge on any atom is 0.222 e. The third-order valence-corrected chi connectivity index (χ3v) is 4.02. The Balaban J connectivity index is 1.78. The molecule has 116 valence electrons. The smallest absolute Gasteiger partial charge is 0.222 e. The van der Waals surface area contributed by atoms with Crippen molar-refractivity contribution in [2.45, 2.75) is 39.2 Å². The van der Waals surface area contributed by atoms with Gasteiger partial charge in [0.15, 0.2) is 0 Å². The maximum atomic E-state index is 11.5. The summed E-state index contributed by atoms with van der Waals surface area (Å²) in [7, 11) is 1.71. The number of amides is 1. The Morgan fingerprint density at radius 3 is 2.86 bits per heavy atom. The first-order chi connectivity index (χ1) is 10.1. The molecule has 1 aromatic carbocycles. The van der Waals surface area contributed by atoms with Gasteiger partial charge in [-0.25, -0.2) is 0 Å². The molecule has 4 heteroatoms. The minimum absolute atomic E-state index is 0.0547. The molecule has 0 radical (unpaired) electrons. The third kappa shape index (κ3) is 4.46. The molecular weight excluding hydrogens is 264 g/mol. The molecule has 0 heterocycles. The average Bonchev–Trinajstić information content (AvgIpc) is 2.50. The molecule has 0 saturated heterocycles. The van der Waals surface area contributed by atoms with Gasteiger partial charge in [-0.3, -0.25) is 4.79 Å². The molecule has 1 aromatic rings. The van der Waals surface area contributed by atoms with Crippen molar-refractivity contribution in [3.63, 3.8) is 0 Å². The number of carbonyl (C=O) groups is 1. The molecule has 1 amide bonds. The third-order valence-electron chi connectivity index (χ3n) is 4.02. The molecule has 2 N–H and O–H groups in total. The number of ether oxygens (including phenoxy) is 1. The van der Waals surface area contributed by atoms with Gasteiger partial charge in [-0.05, 0) is 42.5 Å². The summed E-state index contributed by atoms with van der Waals surface area (Å²) in [6.07, 6.45) is 3.29. The fourth-order valence-electron chi connectivity index (χ4n) is 2.70. The van der Waals surface area contributed by atoms with E-state index in [0.29, 0.717) is 12.6 Å². The number of hydrogen-bond acceptors (Lipinski definition) is 3. The van der Waals surface area contributed by atoms with Gasteiger partial charge in [0.25, 0.3) is 0 Å². The summed E-state index contributed by atoms with van der Waals surface area (Å²) in [4.78, 5) is 11.5. The first-order valence-corrected chi connectivity index (χ1v) is 7.77. The highest BCUT2D eigenvalue weighted by atomic mass is 16.5. The van der Waals surface area contributed by atoms with Crippen LogP contribution in [0.2, 0.25) is 0 Å². The van der Waals surface area contributed by atoms with Crippen LogP contribution in [-0.4, -0.2) is 32.1 Å². The van der Waals surface area contributed by atoms with Gasteiger partial charge >= 0.3 is 0 Å². The SMILES string of the molecule is COc1ccc2c(c1)CC(NCCNC(=O)C(C)C)CC2. The molecule has 0 saturated carbocycles. The van der Waals surface area contributed by atoms with E-state index >= 15 is 0 Å². The van der Waals surface area contributed by atoms with Crippen molar-refractivity contribution >= 4 is 5.91 Å². The lowest BCUT2D eigenvalue weighted by Gasteiger charge is -2.26. The normalized spacial score (nSPS) is 17.4. The maximum absolute atomic E-state index is 11.5. The van der Waals surface area contributed by atoms with Crippen LogP contribution in [0.3, 0.4) is 0 Å². The molecule has 1 unspecified atom stereocenters. The zero-order valence-corrected chi connectivity index (χ0v) is 13.2. The predicted octanol–water partition coefficient (Wildman–Crippen LogP) is 1.91. The van der Waals surface area contributed by atoms with E-state index in [4.69, 9.17) is 4.74 Å². The van der Waals surface area contributed by atoms with Gasteiger partial charge in [-0.15, -0.1) is 0 Å². The monoisotopic (exact) mass is 290 g/mol. The second kappa shape index (κ2) is 7.46. The molecule has 1 aliphatic rings. The second-order valence-corrected chi connectivity index (χ2v) is 5.97. The molecule has 1 aliphatic carbocycles. The van der Waals surface area contributed by atoms with Crippen LogP contribution >= 0.6 is 0 Å². The Morgan fingerprint density at radius 2 is 2.14 bits per heavy atom. The van der Waals surface area contributed by atoms with E-state index < -0.39 is 0 Å². The Bertz CT molecular complexity index is 486. The Morgan fingerprint density at radius 1 is 1.33 bits per heavy atom. The highest BCUT2D eigenvalue weighted by molar-refractivity contribution is 5.77. The largest absolute Gasteiger partial charge is 0.497 e. The molecule has 2 rings (SSSR count). The Kier molecular flexibility index (Phi) is 5.62. The number of carbonyl (C=O) groups excluding carboxylic acids is 1. The van der Waals surface area contributed by atoms with Gasteiger partial charge in [0.05, 0.1) is 7.11 Å². The number of nitrogens with one attached hydrogen (secondary N) is 2. The van der Waals surface area contributed by atoms with E-state index in [1.807, 2.05) is 19.9 Å². The summed E-state index contributed by atoms with van der Waals surface area (Å²) in [6.45, 7) is 5.34. The van der Waals surface area contributed by atoms with Crippen LogP contribution in [0.25, 0.3) is 0 Å². The van der Waals surface area contributed by atoms with Crippen molar-refractivity contribution in [3.05, 3.63) is 29.3 Å². The van der Waals surface area contributed by atoms with Crippen LogP contribution in [0.1, 0.15) is 31.4 Å². The van der Waals surface area contributed by atoms with Gasteiger partial charge < -0.3 is 15.4 Å². The van der Waals surface area contributed by atoms with Crippen molar-refractivity contribution in [1.82, 2.24) is 10.6 Å². The number of benzene rings is 1. The highest BCUT2D eigenvalue weighted by Gasteiger charge is 2.18. The second-order valence-electron chi connectivity index (χ2n) is 5.97. The minimum Gasteiger partial charge on any atom is -0.497 e. The first kappa shape index (κ1) is 15.8. The zero-order valence-electron chi connectivity index (χ0n) is 13.2. The van der Waals surface area contributed by atoms with E-state index in [2.05, 4.69) is 22.8 Å². The fourth-order valence-corrected chi connectivity index (χ4v) is 2.70. The van der Waals surface area contributed by atoms with Crippen molar-refractivity contribution < 1.29 is 9.53 Å². The average molecular weight is 290 g/mol. The van der Waals surface area contributed by atoms with Gasteiger partial charge in [-0.1, -0.05) is 19.9 Å². The molecule has 0 aromatic heterocycles. The number of rotatable bonds is 6. The first-order valence-electron chi connectivity index (χ1n) is 7.77. The number of methoxy groups -OCH3 is 1. The molecule has 0 bridgehead atoms. The summed E-state index contributed by atoms with van der Waals surface area (Å²) in [5.74, 6) is 1.10. The van der Waals surface area contributed by atoms with Gasteiger partial charge in [0, 0.05) is 25.0 Å². The number of fused-ring (bicyclic) bond motifs is 1. The van der Waals surface area contributed by atoms with Crippen LogP contribution < -0.4 is 15.4 Å². The molecule has 21 heavy (non-hydrogen) atoms. The molecule has 0 fully saturated rings. The highest BCUT2D eigenvalue weighted by Crippen LogP contribution is 2.25. The summed E-state index contributed by atoms with van der Waals surface area (Å²) in [6, 6.07) is 6.84. The molecular formula is C17H26N2O2. The molecule has 1 atom stereocenters. The van der Waals surface area contributed by atoms with Crippen molar-refractivity contribution in [2.24, 2.45) is 5.92 Å². The van der Waals surface area contributed by atoms with Crippen molar-refractivity contribution in [3.8, 4) is 5.75 Å². The van der Waals surface area contributed by atoms with Crippen LogP contribution in [0.5, 0.6) is 5.75 Å². The van der Waals surface area contributed by atoms with Crippen LogP contribution in [0.4, 0.5) is 0 Å². The van der Waals surface area contributed by atoms with Crippen molar-refractivity contribution in [2.75, 3.05) is 20.2 Å². The Hall–Kier alpha value is -1.55. The van der Waals surface area contributed by atoms with Crippen molar-refractivity contribution in [1.29, 1.82) is 0 Å². The fraction of sp³-hybridized carbons (Fsp3) is 0.588. The number of aryl methyl sites for hydroxylation is 1. The summed E-state index contributed by atoms with van der Waals surface area (Å²) in [5, 5.41) is 6.48. The van der Waals surface area contributed by atoms with E-state index in [1.54, 1.807) is 7.11 Å². The van der Waals surface area contributed by atoms with E-state index in [9.17, 15) is 4.79 Å². The van der Waals surface area contributed by atoms with Gasteiger partial charge in [0.2, 0.25) is 5.91 Å².